The second kappa shape index (κ2) is 9.21. The van der Waals surface area contributed by atoms with Gasteiger partial charge in [0.25, 0.3) is 5.91 Å². The summed E-state index contributed by atoms with van der Waals surface area (Å²) in [5, 5.41) is 2.86. The van der Waals surface area contributed by atoms with E-state index < -0.39 is 23.8 Å². The van der Waals surface area contributed by atoms with Gasteiger partial charge in [-0.15, -0.1) is 0 Å². The number of rotatable bonds is 6. The SMILES string of the molecule is COc1cccc(NC(=O)[C@H](OC(=O)c2cc(Cl)ccc2F)c2ccccc2)c1. The second-order valence-electron chi connectivity index (χ2n) is 6.04. The first kappa shape index (κ1) is 20.4. The first-order chi connectivity index (χ1) is 14.0. The van der Waals surface area contributed by atoms with Gasteiger partial charge < -0.3 is 14.8 Å². The van der Waals surface area contributed by atoms with Gasteiger partial charge in [0.1, 0.15) is 11.6 Å². The van der Waals surface area contributed by atoms with E-state index in [4.69, 9.17) is 21.1 Å². The number of nitrogens with one attached hydrogen (secondary N) is 1. The van der Waals surface area contributed by atoms with E-state index in [-0.39, 0.29) is 10.6 Å². The summed E-state index contributed by atoms with van der Waals surface area (Å²) in [5.74, 6) is -1.84. The lowest BCUT2D eigenvalue weighted by Gasteiger charge is -2.18. The van der Waals surface area contributed by atoms with Crippen LogP contribution in [0.5, 0.6) is 5.75 Å². The number of benzene rings is 3. The Morgan fingerprint density at radius 2 is 1.76 bits per heavy atom. The Labute approximate surface area is 172 Å². The molecule has 0 radical (unpaired) electrons. The predicted octanol–water partition coefficient (Wildman–Crippen LogP) is 5.02. The van der Waals surface area contributed by atoms with Crippen LogP contribution < -0.4 is 10.1 Å². The van der Waals surface area contributed by atoms with Gasteiger partial charge in [0.2, 0.25) is 6.10 Å². The zero-order valence-corrected chi connectivity index (χ0v) is 16.2. The lowest BCUT2D eigenvalue weighted by Crippen LogP contribution is -2.26. The number of halogens is 2. The maximum Gasteiger partial charge on any atom is 0.342 e. The number of hydrogen-bond donors (Lipinski definition) is 1. The van der Waals surface area contributed by atoms with Crippen LogP contribution in [-0.4, -0.2) is 19.0 Å². The Bertz CT molecular complexity index is 1030. The summed E-state index contributed by atoms with van der Waals surface area (Å²) in [6.07, 6.45) is -1.30. The Balaban J connectivity index is 1.87. The standard InChI is InChI=1S/C22H17ClFNO4/c1-28-17-9-5-8-16(13-17)25-21(26)20(14-6-3-2-4-7-14)29-22(27)18-12-15(23)10-11-19(18)24/h2-13,20H,1H3,(H,25,26)/t20-/m1/s1. The average Bonchev–Trinajstić information content (AvgIpc) is 2.74. The van der Waals surface area contributed by atoms with Crippen molar-refractivity contribution in [3.05, 3.63) is 94.8 Å². The normalized spacial score (nSPS) is 11.4. The molecule has 0 bridgehead atoms. The predicted molar refractivity (Wildman–Crippen MR) is 108 cm³/mol. The molecule has 0 saturated carbocycles. The molecule has 5 nitrogen and oxygen atoms in total. The van der Waals surface area contributed by atoms with E-state index >= 15 is 0 Å². The molecule has 1 N–H and O–H groups in total. The highest BCUT2D eigenvalue weighted by Crippen LogP contribution is 2.25. The van der Waals surface area contributed by atoms with Gasteiger partial charge >= 0.3 is 5.97 Å². The van der Waals surface area contributed by atoms with Gasteiger partial charge in [0.15, 0.2) is 0 Å². The highest BCUT2D eigenvalue weighted by Gasteiger charge is 2.27. The van der Waals surface area contributed by atoms with Gasteiger partial charge in [-0.05, 0) is 30.3 Å². The van der Waals surface area contributed by atoms with Gasteiger partial charge in [-0.1, -0.05) is 48.0 Å². The quantitative estimate of drug-likeness (QED) is 0.576. The summed E-state index contributed by atoms with van der Waals surface area (Å²) in [6.45, 7) is 0. The van der Waals surface area contributed by atoms with Crippen LogP contribution in [0.3, 0.4) is 0 Å². The van der Waals surface area contributed by atoms with E-state index in [1.807, 2.05) is 0 Å². The molecule has 0 unspecified atom stereocenters. The molecule has 148 valence electrons. The molecule has 0 spiro atoms. The number of carbonyl (C=O) groups excluding carboxylic acids is 2. The number of esters is 1. The van der Waals surface area contributed by atoms with Gasteiger partial charge in [-0.3, -0.25) is 4.79 Å². The van der Waals surface area contributed by atoms with Crippen LogP contribution in [0.1, 0.15) is 22.0 Å². The van der Waals surface area contributed by atoms with E-state index in [1.54, 1.807) is 54.6 Å². The zero-order valence-electron chi connectivity index (χ0n) is 15.4. The topological polar surface area (TPSA) is 64.6 Å². The molecule has 3 rings (SSSR count). The number of carbonyl (C=O) groups is 2. The van der Waals surface area contributed by atoms with Crippen molar-refractivity contribution < 1.29 is 23.5 Å². The fraction of sp³-hybridized carbons (Fsp3) is 0.0909. The molecule has 3 aromatic rings. The lowest BCUT2D eigenvalue weighted by molar-refractivity contribution is -0.125. The van der Waals surface area contributed by atoms with E-state index in [0.29, 0.717) is 17.0 Å². The maximum absolute atomic E-state index is 14.0. The third kappa shape index (κ3) is 5.12. The van der Waals surface area contributed by atoms with Gasteiger partial charge in [-0.2, -0.15) is 0 Å². The van der Waals surface area contributed by atoms with E-state index in [2.05, 4.69) is 5.32 Å². The Kier molecular flexibility index (Phi) is 6.46. The summed E-state index contributed by atoms with van der Waals surface area (Å²) >= 11 is 5.85. The highest BCUT2D eigenvalue weighted by molar-refractivity contribution is 6.30. The molecule has 7 heteroatoms. The Morgan fingerprint density at radius 3 is 2.48 bits per heavy atom. The monoisotopic (exact) mass is 413 g/mol. The van der Waals surface area contributed by atoms with Crippen molar-refractivity contribution in [2.24, 2.45) is 0 Å². The molecule has 0 fully saturated rings. The fourth-order valence-corrected chi connectivity index (χ4v) is 2.81. The molecule has 0 aromatic heterocycles. The van der Waals surface area contributed by atoms with Gasteiger partial charge in [0, 0.05) is 22.3 Å². The van der Waals surface area contributed by atoms with Crippen LogP contribution >= 0.6 is 11.6 Å². The van der Waals surface area contributed by atoms with E-state index in [9.17, 15) is 14.0 Å². The van der Waals surface area contributed by atoms with Crippen LogP contribution in [0.2, 0.25) is 5.02 Å². The van der Waals surface area contributed by atoms with Crippen molar-refractivity contribution in [2.75, 3.05) is 12.4 Å². The zero-order chi connectivity index (χ0) is 20.8. The molecule has 0 saturated heterocycles. The first-order valence-electron chi connectivity index (χ1n) is 8.64. The number of hydrogen-bond acceptors (Lipinski definition) is 4. The van der Waals surface area contributed by atoms with Crippen molar-refractivity contribution >= 4 is 29.2 Å². The Hall–Kier alpha value is -3.38. The van der Waals surface area contributed by atoms with Crippen LogP contribution in [0.4, 0.5) is 10.1 Å². The maximum atomic E-state index is 14.0. The lowest BCUT2D eigenvalue weighted by atomic mass is 10.1. The summed E-state index contributed by atoms with van der Waals surface area (Å²) in [6, 6.07) is 18.7. The molecule has 0 aliphatic rings. The minimum absolute atomic E-state index is 0.176. The molecular weight excluding hydrogens is 397 g/mol. The van der Waals surface area contributed by atoms with E-state index in [1.165, 1.54) is 13.2 Å². The summed E-state index contributed by atoms with van der Waals surface area (Å²) in [5.41, 5.74) is 0.538. The van der Waals surface area contributed by atoms with Gasteiger partial charge in [0.05, 0.1) is 12.7 Å². The Morgan fingerprint density at radius 1 is 1.00 bits per heavy atom. The van der Waals surface area contributed by atoms with Crippen LogP contribution in [0.25, 0.3) is 0 Å². The molecule has 0 aliphatic carbocycles. The fourth-order valence-electron chi connectivity index (χ4n) is 2.63. The molecule has 29 heavy (non-hydrogen) atoms. The van der Waals surface area contributed by atoms with Crippen LogP contribution in [0, 0.1) is 5.82 Å². The highest BCUT2D eigenvalue weighted by atomic mass is 35.5. The largest absolute Gasteiger partial charge is 0.497 e. The van der Waals surface area contributed by atoms with Crippen molar-refractivity contribution in [3.8, 4) is 5.75 Å². The number of amides is 1. The van der Waals surface area contributed by atoms with Crippen molar-refractivity contribution in [2.45, 2.75) is 6.10 Å². The van der Waals surface area contributed by atoms with Crippen LogP contribution in [-0.2, 0) is 9.53 Å². The number of methoxy groups -OCH3 is 1. The van der Waals surface area contributed by atoms with Gasteiger partial charge in [-0.25, -0.2) is 9.18 Å². The summed E-state index contributed by atoms with van der Waals surface area (Å²) in [7, 11) is 1.51. The first-order valence-corrected chi connectivity index (χ1v) is 9.01. The third-order valence-electron chi connectivity index (χ3n) is 4.05. The van der Waals surface area contributed by atoms with Crippen molar-refractivity contribution in [3.63, 3.8) is 0 Å². The van der Waals surface area contributed by atoms with Crippen molar-refractivity contribution in [1.29, 1.82) is 0 Å². The average molecular weight is 414 g/mol. The second-order valence-corrected chi connectivity index (χ2v) is 6.48. The smallest absolute Gasteiger partial charge is 0.342 e. The number of ether oxygens (including phenoxy) is 2. The minimum Gasteiger partial charge on any atom is -0.497 e. The molecule has 3 aromatic carbocycles. The summed E-state index contributed by atoms with van der Waals surface area (Å²) < 4.78 is 24.5. The molecule has 1 atom stereocenters. The molecule has 0 aliphatic heterocycles. The van der Waals surface area contributed by atoms with Crippen molar-refractivity contribution in [1.82, 2.24) is 0 Å². The number of anilines is 1. The minimum atomic E-state index is -1.30. The molecular formula is C22H17ClFNO4. The summed E-state index contributed by atoms with van der Waals surface area (Å²) in [4.78, 5) is 25.4. The van der Waals surface area contributed by atoms with Crippen LogP contribution in [0.15, 0.2) is 72.8 Å². The molecule has 1 amide bonds. The molecule has 0 heterocycles. The van der Waals surface area contributed by atoms with E-state index in [0.717, 1.165) is 12.1 Å². The third-order valence-corrected chi connectivity index (χ3v) is 4.29.